The molecule has 0 amide bonds. The Morgan fingerprint density at radius 2 is 2.33 bits per heavy atom. The van der Waals surface area contributed by atoms with E-state index in [1.807, 2.05) is 0 Å². The van der Waals surface area contributed by atoms with Gasteiger partial charge in [-0.25, -0.2) is 4.79 Å². The summed E-state index contributed by atoms with van der Waals surface area (Å²) in [5, 5.41) is 13.1. The van der Waals surface area contributed by atoms with Gasteiger partial charge >= 0.3 is 5.97 Å². The maximum atomic E-state index is 10.8. The van der Waals surface area contributed by atoms with E-state index in [1.165, 1.54) is 0 Å². The molecule has 0 fully saturated rings. The standard InChI is InChI=1S/C11H18N2O2/c1-4-5-8(2)6-13-7-10(11(14)15)9(3)12-13/h7-8H,4-6H2,1-3H3,(H,14,15). The van der Waals surface area contributed by atoms with Crippen LogP contribution in [0.3, 0.4) is 0 Å². The predicted octanol–water partition coefficient (Wildman–Crippen LogP) is 2.33. The number of aromatic carboxylic acids is 1. The van der Waals surface area contributed by atoms with Gasteiger partial charge in [0.2, 0.25) is 0 Å². The lowest BCUT2D eigenvalue weighted by Crippen LogP contribution is -2.08. The van der Waals surface area contributed by atoms with Gasteiger partial charge in [-0.15, -0.1) is 0 Å². The zero-order chi connectivity index (χ0) is 11.4. The Morgan fingerprint density at radius 3 is 2.80 bits per heavy atom. The van der Waals surface area contributed by atoms with Crippen molar-refractivity contribution >= 4 is 5.97 Å². The van der Waals surface area contributed by atoms with Crippen molar-refractivity contribution in [1.82, 2.24) is 9.78 Å². The van der Waals surface area contributed by atoms with Crippen molar-refractivity contribution in [3.8, 4) is 0 Å². The second kappa shape index (κ2) is 4.96. The summed E-state index contributed by atoms with van der Waals surface area (Å²) in [6.07, 6.45) is 3.90. The van der Waals surface area contributed by atoms with Crippen LogP contribution in [-0.2, 0) is 6.54 Å². The van der Waals surface area contributed by atoms with Gasteiger partial charge in [-0.05, 0) is 19.3 Å². The first-order valence-corrected chi connectivity index (χ1v) is 5.32. The second-order valence-electron chi connectivity index (χ2n) is 4.05. The highest BCUT2D eigenvalue weighted by Gasteiger charge is 2.12. The van der Waals surface area contributed by atoms with Crippen LogP contribution in [0.4, 0.5) is 0 Å². The van der Waals surface area contributed by atoms with Gasteiger partial charge in [0.15, 0.2) is 0 Å². The van der Waals surface area contributed by atoms with E-state index in [4.69, 9.17) is 5.11 Å². The van der Waals surface area contributed by atoms with E-state index in [0.29, 0.717) is 17.2 Å². The zero-order valence-corrected chi connectivity index (χ0v) is 9.53. The monoisotopic (exact) mass is 210 g/mol. The predicted molar refractivity (Wildman–Crippen MR) is 58.0 cm³/mol. The van der Waals surface area contributed by atoms with Crippen molar-refractivity contribution < 1.29 is 9.90 Å². The van der Waals surface area contributed by atoms with Crippen molar-refractivity contribution in [3.05, 3.63) is 17.5 Å². The summed E-state index contributed by atoms with van der Waals surface area (Å²) in [5.74, 6) is -0.363. The summed E-state index contributed by atoms with van der Waals surface area (Å²) in [6, 6.07) is 0. The van der Waals surface area contributed by atoms with E-state index in [0.717, 1.165) is 19.4 Å². The maximum absolute atomic E-state index is 10.8. The Labute approximate surface area is 89.9 Å². The molecule has 0 saturated heterocycles. The summed E-state index contributed by atoms with van der Waals surface area (Å²) in [5.41, 5.74) is 0.893. The minimum Gasteiger partial charge on any atom is -0.478 e. The SMILES string of the molecule is CCCC(C)Cn1cc(C(=O)O)c(C)n1. The van der Waals surface area contributed by atoms with Gasteiger partial charge < -0.3 is 5.11 Å². The lowest BCUT2D eigenvalue weighted by Gasteiger charge is -2.09. The zero-order valence-electron chi connectivity index (χ0n) is 9.53. The van der Waals surface area contributed by atoms with E-state index in [2.05, 4.69) is 18.9 Å². The quantitative estimate of drug-likeness (QED) is 0.811. The number of rotatable bonds is 5. The number of aryl methyl sites for hydroxylation is 1. The molecule has 0 saturated carbocycles. The van der Waals surface area contributed by atoms with Gasteiger partial charge in [-0.1, -0.05) is 20.3 Å². The number of aromatic nitrogens is 2. The van der Waals surface area contributed by atoms with E-state index < -0.39 is 5.97 Å². The molecular formula is C11H18N2O2. The highest BCUT2D eigenvalue weighted by Crippen LogP contribution is 2.11. The van der Waals surface area contributed by atoms with Gasteiger partial charge in [0.25, 0.3) is 0 Å². The first-order chi connectivity index (χ1) is 7.04. The van der Waals surface area contributed by atoms with Crippen LogP contribution in [-0.4, -0.2) is 20.9 Å². The van der Waals surface area contributed by atoms with Crippen LogP contribution in [0.15, 0.2) is 6.20 Å². The lowest BCUT2D eigenvalue weighted by molar-refractivity contribution is 0.0696. The van der Waals surface area contributed by atoms with Crippen LogP contribution in [0.25, 0.3) is 0 Å². The largest absolute Gasteiger partial charge is 0.478 e. The molecule has 0 aliphatic rings. The van der Waals surface area contributed by atoms with Crippen molar-refractivity contribution in [3.63, 3.8) is 0 Å². The third kappa shape index (κ3) is 3.08. The summed E-state index contributed by atoms with van der Waals surface area (Å²) in [4.78, 5) is 10.8. The molecule has 15 heavy (non-hydrogen) atoms. The van der Waals surface area contributed by atoms with Gasteiger partial charge in [-0.2, -0.15) is 5.10 Å². The number of hydrogen-bond donors (Lipinski definition) is 1. The molecule has 0 bridgehead atoms. The van der Waals surface area contributed by atoms with Gasteiger partial charge in [0.05, 0.1) is 5.69 Å². The number of carboxylic acids is 1. The van der Waals surface area contributed by atoms with Crippen molar-refractivity contribution in [2.75, 3.05) is 0 Å². The van der Waals surface area contributed by atoms with E-state index in [-0.39, 0.29) is 0 Å². The summed E-state index contributed by atoms with van der Waals surface area (Å²) < 4.78 is 1.74. The van der Waals surface area contributed by atoms with E-state index in [9.17, 15) is 4.79 Å². The molecule has 4 nitrogen and oxygen atoms in total. The average Bonchev–Trinajstić information content (AvgIpc) is 2.47. The molecular weight excluding hydrogens is 192 g/mol. The van der Waals surface area contributed by atoms with Crippen LogP contribution in [0, 0.1) is 12.8 Å². The van der Waals surface area contributed by atoms with Crippen LogP contribution in [0.1, 0.15) is 42.7 Å². The van der Waals surface area contributed by atoms with Crippen molar-refractivity contribution in [2.24, 2.45) is 5.92 Å². The Kier molecular flexibility index (Phi) is 3.88. The third-order valence-corrected chi connectivity index (χ3v) is 2.46. The van der Waals surface area contributed by atoms with Crippen LogP contribution < -0.4 is 0 Å². The van der Waals surface area contributed by atoms with Gasteiger partial charge in [0, 0.05) is 12.7 Å². The van der Waals surface area contributed by atoms with Crippen LogP contribution >= 0.6 is 0 Å². The van der Waals surface area contributed by atoms with Gasteiger partial charge in [-0.3, -0.25) is 4.68 Å². The molecule has 0 aliphatic heterocycles. The van der Waals surface area contributed by atoms with Gasteiger partial charge in [0.1, 0.15) is 5.56 Å². The second-order valence-corrected chi connectivity index (χ2v) is 4.05. The molecule has 1 unspecified atom stereocenters. The fourth-order valence-electron chi connectivity index (χ4n) is 1.72. The molecule has 84 valence electrons. The molecule has 0 spiro atoms. The Hall–Kier alpha value is -1.32. The normalized spacial score (nSPS) is 12.7. The molecule has 0 aromatic carbocycles. The minimum absolute atomic E-state index is 0.304. The molecule has 1 rings (SSSR count). The average molecular weight is 210 g/mol. The lowest BCUT2D eigenvalue weighted by atomic mass is 10.1. The smallest absolute Gasteiger partial charge is 0.339 e. The molecule has 0 aliphatic carbocycles. The van der Waals surface area contributed by atoms with Crippen LogP contribution in [0.2, 0.25) is 0 Å². The Morgan fingerprint density at radius 1 is 1.67 bits per heavy atom. The minimum atomic E-state index is -0.901. The first kappa shape index (κ1) is 11.8. The van der Waals surface area contributed by atoms with E-state index >= 15 is 0 Å². The summed E-state index contributed by atoms with van der Waals surface area (Å²) in [7, 11) is 0. The Bertz CT molecular complexity index is 344. The highest BCUT2D eigenvalue weighted by molar-refractivity contribution is 5.88. The molecule has 1 aromatic heterocycles. The fourth-order valence-corrected chi connectivity index (χ4v) is 1.72. The molecule has 0 radical (unpaired) electrons. The number of nitrogens with zero attached hydrogens (tertiary/aromatic N) is 2. The molecule has 1 atom stereocenters. The van der Waals surface area contributed by atoms with Crippen molar-refractivity contribution in [1.29, 1.82) is 0 Å². The van der Waals surface area contributed by atoms with Crippen molar-refractivity contribution in [2.45, 2.75) is 40.2 Å². The molecule has 1 heterocycles. The first-order valence-electron chi connectivity index (χ1n) is 5.32. The maximum Gasteiger partial charge on any atom is 0.339 e. The molecule has 1 aromatic rings. The fraction of sp³-hybridized carbons (Fsp3) is 0.636. The number of carbonyl (C=O) groups is 1. The topological polar surface area (TPSA) is 55.1 Å². The molecule has 1 N–H and O–H groups in total. The summed E-state index contributed by atoms with van der Waals surface area (Å²) in [6.45, 7) is 6.82. The third-order valence-electron chi connectivity index (χ3n) is 2.46. The van der Waals surface area contributed by atoms with Crippen LogP contribution in [0.5, 0.6) is 0 Å². The summed E-state index contributed by atoms with van der Waals surface area (Å²) >= 11 is 0. The van der Waals surface area contributed by atoms with E-state index in [1.54, 1.807) is 17.8 Å². The Balaban J connectivity index is 2.71. The number of carboxylic acid groups (broad SMARTS) is 1. The highest BCUT2D eigenvalue weighted by atomic mass is 16.4. The molecule has 4 heteroatoms. The number of hydrogen-bond acceptors (Lipinski definition) is 2.